The Morgan fingerprint density at radius 1 is 1.31 bits per heavy atom. The molecule has 1 fully saturated rings. The van der Waals surface area contributed by atoms with E-state index in [1.807, 2.05) is 30.3 Å². The van der Waals surface area contributed by atoms with Crippen molar-refractivity contribution in [2.45, 2.75) is 18.9 Å². The molecule has 0 N–H and O–H groups in total. The number of ether oxygens (including phenoxy) is 1. The summed E-state index contributed by atoms with van der Waals surface area (Å²) in [5, 5.41) is 0. The highest BCUT2D eigenvalue weighted by Crippen LogP contribution is 2.16. The Kier molecular flexibility index (Phi) is 2.41. The van der Waals surface area contributed by atoms with Crippen molar-refractivity contribution < 1.29 is 9.53 Å². The van der Waals surface area contributed by atoms with Gasteiger partial charge in [0.05, 0.1) is 0 Å². The molecule has 0 aromatic heterocycles. The minimum atomic E-state index is -0.192. The van der Waals surface area contributed by atoms with Crippen LogP contribution in [0.4, 0.5) is 0 Å². The minimum Gasteiger partial charge on any atom is -0.370 e. The first-order valence-electron chi connectivity index (χ1n) is 4.59. The highest BCUT2D eigenvalue weighted by molar-refractivity contribution is 5.99. The number of Topliss-reactive ketones (excluding diaryl/α,β-unsaturated/α-hetero) is 1. The van der Waals surface area contributed by atoms with Crippen LogP contribution in [0.3, 0.4) is 0 Å². The highest BCUT2D eigenvalue weighted by atomic mass is 16.5. The van der Waals surface area contributed by atoms with E-state index in [9.17, 15) is 4.79 Å². The van der Waals surface area contributed by atoms with E-state index in [1.165, 1.54) is 0 Å². The van der Waals surface area contributed by atoms with E-state index in [2.05, 4.69) is 0 Å². The van der Waals surface area contributed by atoms with Crippen molar-refractivity contribution in [3.05, 3.63) is 35.9 Å². The molecule has 0 bridgehead atoms. The molecule has 1 saturated heterocycles. The SMILES string of the molecule is O=C(c1ccccc1)[C@H]1CCCO1. The molecule has 1 atom stereocenters. The molecule has 1 heterocycles. The first-order valence-corrected chi connectivity index (χ1v) is 4.59. The van der Waals surface area contributed by atoms with Crippen molar-refractivity contribution in [2.24, 2.45) is 0 Å². The van der Waals surface area contributed by atoms with E-state index in [1.54, 1.807) is 0 Å². The number of benzene rings is 1. The average Bonchev–Trinajstić information content (AvgIpc) is 2.71. The number of carbonyl (C=O) groups is 1. The van der Waals surface area contributed by atoms with Gasteiger partial charge in [-0.25, -0.2) is 0 Å². The van der Waals surface area contributed by atoms with Crippen molar-refractivity contribution in [1.82, 2.24) is 0 Å². The molecule has 0 unspecified atom stereocenters. The van der Waals surface area contributed by atoms with Gasteiger partial charge in [0.2, 0.25) is 0 Å². The van der Waals surface area contributed by atoms with Gasteiger partial charge in [-0.2, -0.15) is 0 Å². The van der Waals surface area contributed by atoms with Crippen molar-refractivity contribution in [2.75, 3.05) is 6.61 Å². The number of carbonyl (C=O) groups excluding carboxylic acids is 1. The number of ketones is 1. The van der Waals surface area contributed by atoms with Gasteiger partial charge in [-0.15, -0.1) is 0 Å². The lowest BCUT2D eigenvalue weighted by Crippen LogP contribution is -2.19. The van der Waals surface area contributed by atoms with Crippen LogP contribution in [0.5, 0.6) is 0 Å². The van der Waals surface area contributed by atoms with E-state index in [4.69, 9.17) is 4.74 Å². The molecule has 1 aliphatic rings. The molecule has 0 radical (unpaired) electrons. The van der Waals surface area contributed by atoms with Crippen LogP contribution in [-0.2, 0) is 4.74 Å². The Morgan fingerprint density at radius 2 is 2.08 bits per heavy atom. The summed E-state index contributed by atoms with van der Waals surface area (Å²) in [5.41, 5.74) is 0.759. The summed E-state index contributed by atoms with van der Waals surface area (Å²) in [6.07, 6.45) is 1.68. The number of hydrogen-bond donors (Lipinski definition) is 0. The molecular formula is C11H12O2. The van der Waals surface area contributed by atoms with Crippen LogP contribution in [0.1, 0.15) is 23.2 Å². The van der Waals surface area contributed by atoms with E-state index in [0.717, 1.165) is 25.0 Å². The second-order valence-electron chi connectivity index (χ2n) is 3.23. The second kappa shape index (κ2) is 3.71. The van der Waals surface area contributed by atoms with E-state index in [0.29, 0.717) is 0 Å². The van der Waals surface area contributed by atoms with E-state index in [-0.39, 0.29) is 11.9 Å². The fourth-order valence-corrected chi connectivity index (χ4v) is 1.57. The van der Waals surface area contributed by atoms with Crippen LogP contribution in [0.25, 0.3) is 0 Å². The minimum absolute atomic E-state index is 0.123. The van der Waals surface area contributed by atoms with Crippen LogP contribution < -0.4 is 0 Å². The molecule has 1 aromatic rings. The lowest BCUT2D eigenvalue weighted by Gasteiger charge is -2.07. The third kappa shape index (κ3) is 1.78. The lowest BCUT2D eigenvalue weighted by molar-refractivity contribution is 0.0643. The summed E-state index contributed by atoms with van der Waals surface area (Å²) in [6, 6.07) is 9.34. The zero-order valence-electron chi connectivity index (χ0n) is 7.40. The Balaban J connectivity index is 2.13. The maximum absolute atomic E-state index is 11.7. The summed E-state index contributed by atoms with van der Waals surface area (Å²) < 4.78 is 5.32. The Bertz CT molecular complexity index is 286. The molecule has 2 heteroatoms. The van der Waals surface area contributed by atoms with Crippen LogP contribution in [0.15, 0.2) is 30.3 Å². The molecule has 1 aliphatic heterocycles. The van der Waals surface area contributed by atoms with Gasteiger partial charge in [0, 0.05) is 12.2 Å². The summed E-state index contributed by atoms with van der Waals surface area (Å²) in [4.78, 5) is 11.7. The van der Waals surface area contributed by atoms with E-state index < -0.39 is 0 Å². The van der Waals surface area contributed by atoms with Gasteiger partial charge in [0.15, 0.2) is 5.78 Å². The Hall–Kier alpha value is -1.15. The number of rotatable bonds is 2. The molecule has 13 heavy (non-hydrogen) atoms. The van der Waals surface area contributed by atoms with Gasteiger partial charge in [-0.1, -0.05) is 30.3 Å². The number of hydrogen-bond acceptors (Lipinski definition) is 2. The summed E-state index contributed by atoms with van der Waals surface area (Å²) in [7, 11) is 0. The average molecular weight is 176 g/mol. The van der Waals surface area contributed by atoms with E-state index >= 15 is 0 Å². The largest absolute Gasteiger partial charge is 0.370 e. The Labute approximate surface area is 77.5 Å². The van der Waals surface area contributed by atoms with Gasteiger partial charge in [0.25, 0.3) is 0 Å². The van der Waals surface area contributed by atoms with Crippen molar-refractivity contribution >= 4 is 5.78 Å². The zero-order valence-corrected chi connectivity index (χ0v) is 7.40. The quantitative estimate of drug-likeness (QED) is 0.644. The van der Waals surface area contributed by atoms with Gasteiger partial charge in [0.1, 0.15) is 6.10 Å². The fourth-order valence-electron chi connectivity index (χ4n) is 1.57. The monoisotopic (exact) mass is 176 g/mol. The molecule has 0 saturated carbocycles. The molecular weight excluding hydrogens is 164 g/mol. The molecule has 2 nitrogen and oxygen atoms in total. The highest BCUT2D eigenvalue weighted by Gasteiger charge is 2.24. The summed E-state index contributed by atoms with van der Waals surface area (Å²) in [6.45, 7) is 0.725. The predicted molar refractivity (Wildman–Crippen MR) is 49.7 cm³/mol. The maximum Gasteiger partial charge on any atom is 0.191 e. The topological polar surface area (TPSA) is 26.3 Å². The lowest BCUT2D eigenvalue weighted by atomic mass is 10.0. The molecule has 68 valence electrons. The van der Waals surface area contributed by atoms with Crippen LogP contribution in [0, 0.1) is 0 Å². The van der Waals surface area contributed by atoms with Crippen LogP contribution in [-0.4, -0.2) is 18.5 Å². The summed E-state index contributed by atoms with van der Waals surface area (Å²) >= 11 is 0. The van der Waals surface area contributed by atoms with Crippen molar-refractivity contribution in [3.8, 4) is 0 Å². The van der Waals surface area contributed by atoms with Crippen LogP contribution in [0.2, 0.25) is 0 Å². The van der Waals surface area contributed by atoms with Gasteiger partial charge < -0.3 is 4.74 Å². The predicted octanol–water partition coefficient (Wildman–Crippen LogP) is 2.05. The standard InChI is InChI=1S/C11H12O2/c12-11(10-7-4-8-13-10)9-5-2-1-3-6-9/h1-3,5-6,10H,4,7-8H2/t10-/m1/s1. The van der Waals surface area contributed by atoms with Gasteiger partial charge in [-0.3, -0.25) is 4.79 Å². The third-order valence-electron chi connectivity index (χ3n) is 2.28. The summed E-state index contributed by atoms with van der Waals surface area (Å²) in [5.74, 6) is 0.123. The van der Waals surface area contributed by atoms with Gasteiger partial charge in [-0.05, 0) is 12.8 Å². The third-order valence-corrected chi connectivity index (χ3v) is 2.28. The smallest absolute Gasteiger partial charge is 0.191 e. The second-order valence-corrected chi connectivity index (χ2v) is 3.23. The molecule has 1 aromatic carbocycles. The zero-order chi connectivity index (χ0) is 9.10. The van der Waals surface area contributed by atoms with Crippen LogP contribution >= 0.6 is 0 Å². The molecule has 0 aliphatic carbocycles. The normalized spacial score (nSPS) is 21.7. The molecule has 0 spiro atoms. The first-order chi connectivity index (χ1) is 6.38. The molecule has 2 rings (SSSR count). The maximum atomic E-state index is 11.7. The first kappa shape index (κ1) is 8.45. The van der Waals surface area contributed by atoms with Crippen molar-refractivity contribution in [3.63, 3.8) is 0 Å². The Morgan fingerprint density at radius 3 is 2.69 bits per heavy atom. The fraction of sp³-hybridized carbons (Fsp3) is 0.364. The van der Waals surface area contributed by atoms with Crippen molar-refractivity contribution in [1.29, 1.82) is 0 Å². The van der Waals surface area contributed by atoms with Gasteiger partial charge >= 0.3 is 0 Å². The molecule has 0 amide bonds.